The highest BCUT2D eigenvalue weighted by atomic mass is 16.1. The number of aromatic nitrogens is 1. The molecule has 0 radical (unpaired) electrons. The Morgan fingerprint density at radius 3 is 2.36 bits per heavy atom. The van der Waals surface area contributed by atoms with Crippen LogP contribution in [-0.4, -0.2) is 31.5 Å². The predicted molar refractivity (Wildman–Crippen MR) is 116 cm³/mol. The number of anilines is 3. The van der Waals surface area contributed by atoms with Crippen molar-refractivity contribution < 1.29 is 4.79 Å². The molecule has 0 aliphatic carbocycles. The maximum atomic E-state index is 12.4. The lowest BCUT2D eigenvalue weighted by Gasteiger charge is -2.13. The zero-order chi connectivity index (χ0) is 19.8. The summed E-state index contributed by atoms with van der Waals surface area (Å²) in [7, 11) is 3.97. The number of rotatable bonds is 8. The molecule has 3 aromatic rings. The van der Waals surface area contributed by atoms with Crippen molar-refractivity contribution in [3.05, 3.63) is 84.1 Å². The van der Waals surface area contributed by atoms with E-state index >= 15 is 0 Å². The van der Waals surface area contributed by atoms with Crippen LogP contribution in [0.5, 0.6) is 0 Å². The average molecular weight is 374 g/mol. The fraction of sp³-hybridized carbons (Fsp3) is 0.217. The number of aryl methyl sites for hydroxylation is 1. The van der Waals surface area contributed by atoms with Crippen molar-refractivity contribution >= 4 is 23.1 Å². The standard InChI is InChI=1S/C23H26N4O/c1-27(2)21-13-11-20(12-14-21)26-23(28)19-10-15-22(25-17-19)24-16-6-9-18-7-4-3-5-8-18/h3-5,7-8,10-15,17H,6,9,16H2,1-2H3,(H,24,25)(H,26,28). The van der Waals surface area contributed by atoms with Gasteiger partial charge in [0, 0.05) is 38.2 Å². The summed E-state index contributed by atoms with van der Waals surface area (Å²) in [6.07, 6.45) is 3.65. The van der Waals surface area contributed by atoms with Gasteiger partial charge in [-0.25, -0.2) is 4.98 Å². The molecule has 2 aromatic carbocycles. The van der Waals surface area contributed by atoms with Gasteiger partial charge in [0.25, 0.3) is 5.91 Å². The van der Waals surface area contributed by atoms with Crippen molar-refractivity contribution in [2.45, 2.75) is 12.8 Å². The first-order valence-electron chi connectivity index (χ1n) is 9.44. The molecule has 5 nitrogen and oxygen atoms in total. The summed E-state index contributed by atoms with van der Waals surface area (Å²) in [5, 5.41) is 6.20. The van der Waals surface area contributed by atoms with E-state index in [2.05, 4.69) is 39.9 Å². The van der Waals surface area contributed by atoms with Crippen LogP contribution in [-0.2, 0) is 6.42 Å². The van der Waals surface area contributed by atoms with E-state index in [-0.39, 0.29) is 5.91 Å². The van der Waals surface area contributed by atoms with Gasteiger partial charge in [0.15, 0.2) is 0 Å². The lowest BCUT2D eigenvalue weighted by atomic mass is 10.1. The highest BCUT2D eigenvalue weighted by Crippen LogP contribution is 2.16. The number of benzene rings is 2. The molecule has 1 heterocycles. The number of hydrogen-bond donors (Lipinski definition) is 2. The van der Waals surface area contributed by atoms with Gasteiger partial charge in [-0.15, -0.1) is 0 Å². The predicted octanol–water partition coefficient (Wildman–Crippen LogP) is 4.44. The van der Waals surface area contributed by atoms with Crippen LogP contribution in [0, 0.1) is 0 Å². The summed E-state index contributed by atoms with van der Waals surface area (Å²) in [6, 6.07) is 21.8. The van der Waals surface area contributed by atoms with E-state index in [9.17, 15) is 4.79 Å². The van der Waals surface area contributed by atoms with Crippen molar-refractivity contribution in [1.82, 2.24) is 4.98 Å². The summed E-state index contributed by atoms with van der Waals surface area (Å²) >= 11 is 0. The van der Waals surface area contributed by atoms with Gasteiger partial charge in [-0.1, -0.05) is 30.3 Å². The van der Waals surface area contributed by atoms with Gasteiger partial charge in [0.1, 0.15) is 5.82 Å². The molecule has 144 valence electrons. The molecule has 3 rings (SSSR count). The molecule has 2 N–H and O–H groups in total. The molecule has 1 amide bonds. The Balaban J connectivity index is 1.47. The minimum atomic E-state index is -0.166. The molecule has 5 heteroatoms. The van der Waals surface area contributed by atoms with Gasteiger partial charge in [-0.2, -0.15) is 0 Å². The molecule has 0 saturated carbocycles. The van der Waals surface area contributed by atoms with Gasteiger partial charge < -0.3 is 15.5 Å². The zero-order valence-electron chi connectivity index (χ0n) is 16.4. The second-order valence-electron chi connectivity index (χ2n) is 6.84. The molecule has 0 atom stereocenters. The molecule has 0 saturated heterocycles. The van der Waals surface area contributed by atoms with Gasteiger partial charge in [0.2, 0.25) is 0 Å². The van der Waals surface area contributed by atoms with Gasteiger partial charge in [0.05, 0.1) is 5.56 Å². The monoisotopic (exact) mass is 374 g/mol. The summed E-state index contributed by atoms with van der Waals surface area (Å²) in [4.78, 5) is 18.7. The normalized spacial score (nSPS) is 10.4. The van der Waals surface area contributed by atoms with Crippen molar-refractivity contribution in [2.75, 3.05) is 36.2 Å². The molecular formula is C23H26N4O. The molecule has 28 heavy (non-hydrogen) atoms. The molecule has 0 spiro atoms. The molecule has 0 aliphatic rings. The van der Waals surface area contributed by atoms with E-state index in [1.807, 2.05) is 55.4 Å². The Morgan fingerprint density at radius 2 is 1.71 bits per heavy atom. The number of hydrogen-bond acceptors (Lipinski definition) is 4. The second kappa shape index (κ2) is 9.55. The summed E-state index contributed by atoms with van der Waals surface area (Å²) < 4.78 is 0. The van der Waals surface area contributed by atoms with E-state index in [1.165, 1.54) is 5.56 Å². The Kier molecular flexibility index (Phi) is 6.63. The third-order valence-electron chi connectivity index (χ3n) is 4.46. The Morgan fingerprint density at radius 1 is 0.964 bits per heavy atom. The van der Waals surface area contributed by atoms with E-state index < -0.39 is 0 Å². The minimum absolute atomic E-state index is 0.166. The topological polar surface area (TPSA) is 57.3 Å². The summed E-state index contributed by atoms with van der Waals surface area (Å²) in [5.41, 5.74) is 3.72. The fourth-order valence-corrected chi connectivity index (χ4v) is 2.83. The Hall–Kier alpha value is -3.34. The van der Waals surface area contributed by atoms with E-state index in [0.717, 1.165) is 36.6 Å². The first-order chi connectivity index (χ1) is 13.6. The molecule has 1 aromatic heterocycles. The van der Waals surface area contributed by atoms with Gasteiger partial charge in [-0.05, 0) is 54.8 Å². The fourth-order valence-electron chi connectivity index (χ4n) is 2.83. The number of pyridine rings is 1. The van der Waals surface area contributed by atoms with Crippen LogP contribution in [0.25, 0.3) is 0 Å². The van der Waals surface area contributed by atoms with Crippen LogP contribution < -0.4 is 15.5 Å². The van der Waals surface area contributed by atoms with E-state index in [4.69, 9.17) is 0 Å². The average Bonchev–Trinajstić information content (AvgIpc) is 2.73. The van der Waals surface area contributed by atoms with Crippen molar-refractivity contribution in [3.63, 3.8) is 0 Å². The molecule has 0 bridgehead atoms. The SMILES string of the molecule is CN(C)c1ccc(NC(=O)c2ccc(NCCCc3ccccc3)nc2)cc1. The first kappa shape index (κ1) is 19.4. The van der Waals surface area contributed by atoms with Gasteiger partial charge in [-0.3, -0.25) is 4.79 Å². The van der Waals surface area contributed by atoms with Crippen molar-refractivity contribution in [2.24, 2.45) is 0 Å². The maximum absolute atomic E-state index is 12.4. The second-order valence-corrected chi connectivity index (χ2v) is 6.84. The smallest absolute Gasteiger partial charge is 0.257 e. The molecule has 0 unspecified atom stereocenters. The quantitative estimate of drug-likeness (QED) is 0.572. The minimum Gasteiger partial charge on any atom is -0.378 e. The third-order valence-corrected chi connectivity index (χ3v) is 4.46. The van der Waals surface area contributed by atoms with Crippen LogP contribution >= 0.6 is 0 Å². The molecular weight excluding hydrogens is 348 g/mol. The number of carbonyl (C=O) groups is 1. The Labute approximate surface area is 166 Å². The maximum Gasteiger partial charge on any atom is 0.257 e. The van der Waals surface area contributed by atoms with Gasteiger partial charge >= 0.3 is 0 Å². The highest BCUT2D eigenvalue weighted by molar-refractivity contribution is 6.04. The van der Waals surface area contributed by atoms with Crippen molar-refractivity contribution in [1.29, 1.82) is 0 Å². The largest absolute Gasteiger partial charge is 0.378 e. The number of nitrogens with zero attached hydrogens (tertiary/aromatic N) is 2. The summed E-state index contributed by atoms with van der Waals surface area (Å²) in [6.45, 7) is 0.839. The molecule has 0 aliphatic heterocycles. The number of carbonyl (C=O) groups excluding carboxylic acids is 1. The van der Waals surface area contributed by atoms with Crippen LogP contribution in [0.15, 0.2) is 72.9 Å². The van der Waals surface area contributed by atoms with E-state index in [1.54, 1.807) is 12.3 Å². The number of nitrogens with one attached hydrogen (secondary N) is 2. The first-order valence-corrected chi connectivity index (χ1v) is 9.44. The van der Waals surface area contributed by atoms with Crippen LogP contribution in [0.3, 0.4) is 0 Å². The van der Waals surface area contributed by atoms with Crippen LogP contribution in [0.4, 0.5) is 17.2 Å². The highest BCUT2D eigenvalue weighted by Gasteiger charge is 2.07. The third kappa shape index (κ3) is 5.58. The number of amides is 1. The zero-order valence-corrected chi connectivity index (χ0v) is 16.4. The Bertz CT molecular complexity index is 875. The molecule has 0 fully saturated rings. The lowest BCUT2D eigenvalue weighted by Crippen LogP contribution is -2.13. The summed E-state index contributed by atoms with van der Waals surface area (Å²) in [5.74, 6) is 0.612. The van der Waals surface area contributed by atoms with Crippen LogP contribution in [0.2, 0.25) is 0 Å². The lowest BCUT2D eigenvalue weighted by molar-refractivity contribution is 0.102. The van der Waals surface area contributed by atoms with Crippen molar-refractivity contribution in [3.8, 4) is 0 Å². The van der Waals surface area contributed by atoms with E-state index in [0.29, 0.717) is 5.56 Å². The van der Waals surface area contributed by atoms with Crippen LogP contribution in [0.1, 0.15) is 22.3 Å².